The lowest BCUT2D eigenvalue weighted by atomic mass is 10.0. The molecule has 1 saturated heterocycles. The number of likely N-dealkylation sites (tertiary alicyclic amines) is 1. The molecule has 132 valence electrons. The van der Waals surface area contributed by atoms with E-state index < -0.39 is 5.97 Å². The summed E-state index contributed by atoms with van der Waals surface area (Å²) in [6.45, 7) is 0.758. The van der Waals surface area contributed by atoms with Crippen molar-refractivity contribution in [3.8, 4) is 0 Å². The minimum atomic E-state index is -0.860. The third-order valence-corrected chi connectivity index (χ3v) is 4.46. The Morgan fingerprint density at radius 1 is 1.29 bits per heavy atom. The first-order valence-corrected chi connectivity index (χ1v) is 8.54. The first-order valence-electron chi connectivity index (χ1n) is 8.54. The summed E-state index contributed by atoms with van der Waals surface area (Å²) in [4.78, 5) is 25.2. The minimum Gasteiger partial charge on any atom is -0.481 e. The smallest absolute Gasteiger partial charge is 0.317 e. The van der Waals surface area contributed by atoms with E-state index in [1.807, 2.05) is 30.3 Å². The molecule has 2 atom stereocenters. The van der Waals surface area contributed by atoms with Gasteiger partial charge >= 0.3 is 12.0 Å². The Morgan fingerprint density at radius 2 is 2.04 bits per heavy atom. The second kappa shape index (κ2) is 9.27. The molecule has 3 N–H and O–H groups in total. The first-order chi connectivity index (χ1) is 11.6. The molecule has 0 bridgehead atoms. The van der Waals surface area contributed by atoms with Gasteiger partial charge in [-0.1, -0.05) is 30.3 Å². The van der Waals surface area contributed by atoms with Crippen LogP contribution in [0, 0.1) is 0 Å². The molecule has 2 unspecified atom stereocenters. The van der Waals surface area contributed by atoms with Crippen LogP contribution in [0.5, 0.6) is 0 Å². The van der Waals surface area contributed by atoms with E-state index in [4.69, 9.17) is 10.2 Å². The van der Waals surface area contributed by atoms with Gasteiger partial charge in [-0.15, -0.1) is 0 Å². The van der Waals surface area contributed by atoms with Crippen LogP contribution < -0.4 is 5.32 Å². The van der Waals surface area contributed by atoms with Gasteiger partial charge in [0.15, 0.2) is 0 Å². The number of carboxylic acid groups (broad SMARTS) is 1. The highest BCUT2D eigenvalue weighted by Gasteiger charge is 2.29. The van der Waals surface area contributed by atoms with Crippen molar-refractivity contribution in [2.45, 2.75) is 50.6 Å². The highest BCUT2D eigenvalue weighted by Crippen LogP contribution is 2.20. The van der Waals surface area contributed by atoms with Crippen molar-refractivity contribution >= 4 is 12.0 Å². The summed E-state index contributed by atoms with van der Waals surface area (Å²) >= 11 is 0. The van der Waals surface area contributed by atoms with Gasteiger partial charge in [0.2, 0.25) is 0 Å². The fraction of sp³-hybridized carbons (Fsp3) is 0.556. The van der Waals surface area contributed by atoms with Crippen molar-refractivity contribution in [1.82, 2.24) is 10.2 Å². The molecule has 0 aromatic heterocycles. The maximum absolute atomic E-state index is 12.6. The highest BCUT2D eigenvalue weighted by molar-refractivity contribution is 5.75. The maximum atomic E-state index is 12.6. The van der Waals surface area contributed by atoms with Gasteiger partial charge in [-0.2, -0.15) is 0 Å². The molecule has 0 spiro atoms. The Labute approximate surface area is 142 Å². The van der Waals surface area contributed by atoms with Gasteiger partial charge in [0.1, 0.15) is 0 Å². The number of aliphatic hydroxyl groups is 1. The van der Waals surface area contributed by atoms with E-state index in [1.54, 1.807) is 4.90 Å². The topological polar surface area (TPSA) is 89.9 Å². The van der Waals surface area contributed by atoms with Crippen molar-refractivity contribution in [3.63, 3.8) is 0 Å². The Hall–Kier alpha value is -2.08. The lowest BCUT2D eigenvalue weighted by Crippen LogP contribution is -2.47. The van der Waals surface area contributed by atoms with Crippen molar-refractivity contribution in [1.29, 1.82) is 0 Å². The van der Waals surface area contributed by atoms with E-state index in [2.05, 4.69) is 5.32 Å². The minimum absolute atomic E-state index is 0.0256. The van der Waals surface area contributed by atoms with E-state index in [9.17, 15) is 9.59 Å². The zero-order valence-corrected chi connectivity index (χ0v) is 13.9. The third kappa shape index (κ3) is 5.53. The molecule has 6 heteroatoms. The van der Waals surface area contributed by atoms with Gasteiger partial charge in [-0.05, 0) is 37.7 Å². The summed E-state index contributed by atoms with van der Waals surface area (Å²) in [5.41, 5.74) is 1.07. The number of aliphatic carboxylic acids is 1. The van der Waals surface area contributed by atoms with Crippen molar-refractivity contribution in [2.75, 3.05) is 13.2 Å². The Kier molecular flexibility index (Phi) is 7.06. The fourth-order valence-electron chi connectivity index (χ4n) is 3.23. The van der Waals surface area contributed by atoms with Crippen LogP contribution in [0.4, 0.5) is 4.79 Å². The van der Waals surface area contributed by atoms with Crippen molar-refractivity contribution in [2.24, 2.45) is 0 Å². The Balaban J connectivity index is 1.98. The number of nitrogens with zero attached hydrogens (tertiary/aromatic N) is 1. The SMILES string of the molecule is O=C(O)CCC(Cc1ccccc1)NC(=O)N1CCCC1CCO. The van der Waals surface area contributed by atoms with Gasteiger partial charge in [0, 0.05) is 31.7 Å². The van der Waals surface area contributed by atoms with Crippen LogP contribution in [0.25, 0.3) is 0 Å². The van der Waals surface area contributed by atoms with Gasteiger partial charge < -0.3 is 20.4 Å². The van der Waals surface area contributed by atoms with Crippen LogP contribution in [0.1, 0.15) is 37.7 Å². The zero-order valence-electron chi connectivity index (χ0n) is 13.9. The van der Waals surface area contributed by atoms with Crippen LogP contribution in [0.2, 0.25) is 0 Å². The van der Waals surface area contributed by atoms with Crippen LogP contribution >= 0.6 is 0 Å². The Morgan fingerprint density at radius 3 is 2.71 bits per heavy atom. The summed E-state index contributed by atoms with van der Waals surface area (Å²) in [6.07, 6.45) is 3.47. The lowest BCUT2D eigenvalue weighted by Gasteiger charge is -2.27. The van der Waals surface area contributed by atoms with Crippen LogP contribution in [0.3, 0.4) is 0 Å². The molecule has 0 radical (unpaired) electrons. The average molecular weight is 334 g/mol. The average Bonchev–Trinajstić information content (AvgIpc) is 3.02. The monoisotopic (exact) mass is 334 g/mol. The number of benzene rings is 1. The molecule has 1 heterocycles. The number of amides is 2. The molecule has 24 heavy (non-hydrogen) atoms. The number of aliphatic hydroxyl groups excluding tert-OH is 1. The molecule has 2 amide bonds. The number of rotatable bonds is 8. The first kappa shape index (κ1) is 18.3. The molecule has 1 aromatic carbocycles. The van der Waals surface area contributed by atoms with Gasteiger partial charge in [0.25, 0.3) is 0 Å². The molecular formula is C18H26N2O4. The molecule has 1 fully saturated rings. The second-order valence-electron chi connectivity index (χ2n) is 6.27. The molecular weight excluding hydrogens is 308 g/mol. The van der Waals surface area contributed by atoms with Gasteiger partial charge in [0.05, 0.1) is 0 Å². The summed E-state index contributed by atoms with van der Waals surface area (Å²) in [5.74, 6) is -0.860. The quantitative estimate of drug-likeness (QED) is 0.678. The predicted molar refractivity (Wildman–Crippen MR) is 90.8 cm³/mol. The number of carbonyl (C=O) groups excluding carboxylic acids is 1. The normalized spacial score (nSPS) is 18.4. The molecule has 6 nitrogen and oxygen atoms in total. The lowest BCUT2D eigenvalue weighted by molar-refractivity contribution is -0.137. The van der Waals surface area contributed by atoms with Crippen LogP contribution in [-0.4, -0.2) is 52.3 Å². The molecule has 2 rings (SSSR count). The van der Waals surface area contributed by atoms with E-state index >= 15 is 0 Å². The largest absolute Gasteiger partial charge is 0.481 e. The van der Waals surface area contributed by atoms with E-state index in [0.717, 1.165) is 18.4 Å². The Bertz CT molecular complexity index is 535. The van der Waals surface area contributed by atoms with E-state index in [0.29, 0.717) is 25.8 Å². The van der Waals surface area contributed by atoms with Gasteiger partial charge in [-0.25, -0.2) is 4.79 Å². The number of urea groups is 1. The summed E-state index contributed by atoms with van der Waals surface area (Å²) in [6, 6.07) is 9.45. The highest BCUT2D eigenvalue weighted by atomic mass is 16.4. The van der Waals surface area contributed by atoms with Crippen LogP contribution in [-0.2, 0) is 11.2 Å². The van der Waals surface area contributed by atoms with E-state index in [-0.39, 0.29) is 31.1 Å². The zero-order chi connectivity index (χ0) is 17.4. The number of hydrogen-bond acceptors (Lipinski definition) is 3. The third-order valence-electron chi connectivity index (χ3n) is 4.46. The standard InChI is InChI=1S/C18H26N2O4/c21-12-10-16-7-4-11-20(16)18(24)19-15(8-9-17(22)23)13-14-5-2-1-3-6-14/h1-3,5-6,15-16,21H,4,7-13H2,(H,19,24)(H,22,23). The van der Waals surface area contributed by atoms with Gasteiger partial charge in [-0.3, -0.25) is 4.79 Å². The molecule has 1 aromatic rings. The number of hydrogen-bond donors (Lipinski definition) is 3. The fourth-order valence-corrected chi connectivity index (χ4v) is 3.23. The summed E-state index contributed by atoms with van der Waals surface area (Å²) in [5, 5.41) is 21.1. The van der Waals surface area contributed by atoms with Crippen molar-refractivity contribution < 1.29 is 19.8 Å². The number of carboxylic acids is 1. The van der Waals surface area contributed by atoms with Crippen molar-refractivity contribution in [3.05, 3.63) is 35.9 Å². The number of carbonyl (C=O) groups is 2. The summed E-state index contributed by atoms with van der Waals surface area (Å²) in [7, 11) is 0. The molecule has 1 aliphatic rings. The summed E-state index contributed by atoms with van der Waals surface area (Å²) < 4.78 is 0. The predicted octanol–water partition coefficient (Wildman–Crippen LogP) is 2.02. The van der Waals surface area contributed by atoms with E-state index in [1.165, 1.54) is 0 Å². The number of nitrogens with one attached hydrogen (secondary N) is 1. The second-order valence-corrected chi connectivity index (χ2v) is 6.27. The molecule has 0 saturated carbocycles. The molecule has 1 aliphatic heterocycles. The van der Waals surface area contributed by atoms with Crippen LogP contribution in [0.15, 0.2) is 30.3 Å². The molecule has 0 aliphatic carbocycles. The maximum Gasteiger partial charge on any atom is 0.317 e.